The first-order valence-corrected chi connectivity index (χ1v) is 9.67. The SMILES string of the molecule is Cc1ccccc1[C@H](O)CNc1ncnc2ccc(S(C)(=O)=O)cc12. The van der Waals surface area contributed by atoms with Gasteiger partial charge in [-0.15, -0.1) is 0 Å². The highest BCUT2D eigenvalue weighted by atomic mass is 32.2. The van der Waals surface area contributed by atoms with Gasteiger partial charge in [-0.25, -0.2) is 18.4 Å². The summed E-state index contributed by atoms with van der Waals surface area (Å²) in [5.74, 6) is 0.489. The Morgan fingerprint density at radius 2 is 1.92 bits per heavy atom. The van der Waals surface area contributed by atoms with Crippen molar-refractivity contribution < 1.29 is 13.5 Å². The van der Waals surface area contributed by atoms with Gasteiger partial charge >= 0.3 is 0 Å². The molecule has 1 aromatic heterocycles. The van der Waals surface area contributed by atoms with E-state index in [4.69, 9.17) is 0 Å². The van der Waals surface area contributed by atoms with Crippen molar-refractivity contribution in [3.8, 4) is 0 Å². The molecule has 0 aliphatic carbocycles. The summed E-state index contributed by atoms with van der Waals surface area (Å²) in [6.07, 6.45) is 1.86. The van der Waals surface area contributed by atoms with E-state index < -0.39 is 15.9 Å². The van der Waals surface area contributed by atoms with Gasteiger partial charge in [0.1, 0.15) is 12.1 Å². The third kappa shape index (κ3) is 3.78. The summed E-state index contributed by atoms with van der Waals surface area (Å²) < 4.78 is 23.6. The van der Waals surface area contributed by atoms with E-state index in [-0.39, 0.29) is 11.4 Å². The standard InChI is InChI=1S/C18H19N3O3S/c1-12-5-3-4-6-14(12)17(22)10-19-18-15-9-13(25(2,23)24)7-8-16(15)20-11-21-18/h3-9,11,17,22H,10H2,1-2H3,(H,19,20,21)/t17-/m1/s1. The first-order valence-electron chi connectivity index (χ1n) is 7.78. The van der Waals surface area contributed by atoms with Gasteiger partial charge in [0, 0.05) is 18.2 Å². The number of sulfone groups is 1. The summed E-state index contributed by atoms with van der Waals surface area (Å²) in [5, 5.41) is 14.1. The molecule has 0 spiro atoms. The van der Waals surface area contributed by atoms with E-state index in [1.54, 1.807) is 12.1 Å². The van der Waals surface area contributed by atoms with E-state index in [1.807, 2.05) is 31.2 Å². The minimum Gasteiger partial charge on any atom is -0.387 e. The maximum Gasteiger partial charge on any atom is 0.175 e. The summed E-state index contributed by atoms with van der Waals surface area (Å²) in [4.78, 5) is 8.55. The molecule has 0 amide bonds. The highest BCUT2D eigenvalue weighted by molar-refractivity contribution is 7.90. The van der Waals surface area contributed by atoms with Crippen molar-refractivity contribution in [1.82, 2.24) is 9.97 Å². The van der Waals surface area contributed by atoms with Crippen LogP contribution < -0.4 is 5.32 Å². The summed E-state index contributed by atoms with van der Waals surface area (Å²) in [6.45, 7) is 2.19. The molecule has 0 aliphatic heterocycles. The van der Waals surface area contributed by atoms with Gasteiger partial charge in [0.05, 0.1) is 16.5 Å². The predicted molar refractivity (Wildman–Crippen MR) is 97.3 cm³/mol. The molecule has 0 bridgehead atoms. The van der Waals surface area contributed by atoms with Crippen LogP contribution in [0.15, 0.2) is 53.7 Å². The normalized spacial score (nSPS) is 12.9. The second kappa shape index (κ2) is 6.78. The van der Waals surface area contributed by atoms with Crippen molar-refractivity contribution in [3.05, 3.63) is 59.9 Å². The number of nitrogens with zero attached hydrogens (tertiary/aromatic N) is 2. The Morgan fingerprint density at radius 3 is 2.64 bits per heavy atom. The molecule has 0 fully saturated rings. The highest BCUT2D eigenvalue weighted by Crippen LogP contribution is 2.24. The molecule has 0 saturated carbocycles. The average Bonchev–Trinajstić information content (AvgIpc) is 2.58. The molecule has 0 radical (unpaired) electrons. The molecule has 0 aliphatic rings. The maximum atomic E-state index is 11.8. The third-order valence-corrected chi connectivity index (χ3v) is 5.16. The number of hydrogen-bond acceptors (Lipinski definition) is 6. The van der Waals surface area contributed by atoms with Crippen LogP contribution in [0.3, 0.4) is 0 Å². The van der Waals surface area contributed by atoms with Crippen molar-refractivity contribution in [2.24, 2.45) is 0 Å². The molecule has 130 valence electrons. The van der Waals surface area contributed by atoms with Gasteiger partial charge in [-0.1, -0.05) is 24.3 Å². The summed E-state index contributed by atoms with van der Waals surface area (Å²) in [6, 6.07) is 12.3. The topological polar surface area (TPSA) is 92.2 Å². The van der Waals surface area contributed by atoms with E-state index >= 15 is 0 Å². The Bertz CT molecular complexity index is 1020. The number of aryl methyl sites for hydroxylation is 1. The number of nitrogens with one attached hydrogen (secondary N) is 1. The fraction of sp³-hybridized carbons (Fsp3) is 0.222. The van der Waals surface area contributed by atoms with E-state index in [9.17, 15) is 13.5 Å². The van der Waals surface area contributed by atoms with Crippen LogP contribution in [-0.2, 0) is 9.84 Å². The number of fused-ring (bicyclic) bond motifs is 1. The van der Waals surface area contributed by atoms with Crippen molar-refractivity contribution in [3.63, 3.8) is 0 Å². The number of aliphatic hydroxyl groups excluding tert-OH is 1. The Hall–Kier alpha value is -2.51. The quantitative estimate of drug-likeness (QED) is 0.729. The van der Waals surface area contributed by atoms with E-state index in [2.05, 4.69) is 15.3 Å². The molecule has 7 heteroatoms. The molecule has 1 atom stereocenters. The zero-order chi connectivity index (χ0) is 18.0. The third-order valence-electron chi connectivity index (χ3n) is 4.05. The Balaban J connectivity index is 1.90. The van der Waals surface area contributed by atoms with Crippen LogP contribution in [0.1, 0.15) is 17.2 Å². The second-order valence-electron chi connectivity index (χ2n) is 5.93. The molecule has 1 heterocycles. The molecule has 3 aromatic rings. The van der Waals surface area contributed by atoms with Crippen molar-refractivity contribution in [2.75, 3.05) is 18.1 Å². The van der Waals surface area contributed by atoms with Gasteiger partial charge in [0.15, 0.2) is 9.84 Å². The lowest BCUT2D eigenvalue weighted by Gasteiger charge is -2.15. The van der Waals surface area contributed by atoms with Gasteiger partial charge in [0.25, 0.3) is 0 Å². The van der Waals surface area contributed by atoms with Gasteiger partial charge < -0.3 is 10.4 Å². The summed E-state index contributed by atoms with van der Waals surface area (Å²) in [7, 11) is -3.32. The van der Waals surface area contributed by atoms with Crippen molar-refractivity contribution >= 4 is 26.6 Å². The summed E-state index contributed by atoms with van der Waals surface area (Å²) in [5.41, 5.74) is 2.48. The molecule has 0 saturated heterocycles. The number of aliphatic hydroxyl groups is 1. The van der Waals surface area contributed by atoms with Crippen molar-refractivity contribution in [1.29, 1.82) is 0 Å². The lowest BCUT2D eigenvalue weighted by atomic mass is 10.0. The summed E-state index contributed by atoms with van der Waals surface area (Å²) >= 11 is 0. The molecular weight excluding hydrogens is 338 g/mol. The fourth-order valence-corrected chi connectivity index (χ4v) is 3.32. The van der Waals surface area contributed by atoms with Gasteiger partial charge in [-0.3, -0.25) is 0 Å². The van der Waals surface area contributed by atoms with Crippen LogP contribution in [0.2, 0.25) is 0 Å². The molecule has 0 unspecified atom stereocenters. The zero-order valence-corrected chi connectivity index (χ0v) is 14.8. The number of anilines is 1. The molecule has 3 rings (SSSR count). The second-order valence-corrected chi connectivity index (χ2v) is 7.94. The monoisotopic (exact) mass is 357 g/mol. The van der Waals surface area contributed by atoms with Crippen LogP contribution in [0, 0.1) is 6.92 Å². The van der Waals surface area contributed by atoms with Crippen LogP contribution in [0.5, 0.6) is 0 Å². The Morgan fingerprint density at radius 1 is 1.16 bits per heavy atom. The van der Waals surface area contributed by atoms with E-state index in [1.165, 1.54) is 12.4 Å². The van der Waals surface area contributed by atoms with Gasteiger partial charge in [-0.2, -0.15) is 0 Å². The van der Waals surface area contributed by atoms with Crippen LogP contribution in [0.4, 0.5) is 5.82 Å². The Kier molecular flexibility index (Phi) is 4.69. The zero-order valence-electron chi connectivity index (χ0n) is 14.0. The van der Waals surface area contributed by atoms with E-state index in [0.717, 1.165) is 17.4 Å². The number of hydrogen-bond donors (Lipinski definition) is 2. The smallest absolute Gasteiger partial charge is 0.175 e. The average molecular weight is 357 g/mol. The molecular formula is C18H19N3O3S. The van der Waals surface area contributed by atoms with Crippen LogP contribution in [-0.4, -0.2) is 36.3 Å². The molecule has 2 aromatic carbocycles. The minimum absolute atomic E-state index is 0.206. The number of rotatable bonds is 5. The van der Waals surface area contributed by atoms with Gasteiger partial charge in [-0.05, 0) is 36.2 Å². The lowest BCUT2D eigenvalue weighted by Crippen LogP contribution is -2.14. The predicted octanol–water partition coefficient (Wildman–Crippen LogP) is 2.49. The lowest BCUT2D eigenvalue weighted by molar-refractivity contribution is 0.191. The highest BCUT2D eigenvalue weighted by Gasteiger charge is 2.13. The molecule has 6 nitrogen and oxygen atoms in total. The van der Waals surface area contributed by atoms with E-state index in [0.29, 0.717) is 16.7 Å². The van der Waals surface area contributed by atoms with Crippen molar-refractivity contribution in [2.45, 2.75) is 17.9 Å². The van der Waals surface area contributed by atoms with Crippen LogP contribution in [0.25, 0.3) is 10.9 Å². The first kappa shape index (κ1) is 17.3. The largest absolute Gasteiger partial charge is 0.387 e. The minimum atomic E-state index is -3.32. The fourth-order valence-electron chi connectivity index (χ4n) is 2.67. The Labute approximate surface area is 146 Å². The van der Waals surface area contributed by atoms with Crippen LogP contribution >= 0.6 is 0 Å². The maximum absolute atomic E-state index is 11.8. The number of benzene rings is 2. The molecule has 25 heavy (non-hydrogen) atoms. The number of aromatic nitrogens is 2. The first-order chi connectivity index (χ1) is 11.9. The molecule has 2 N–H and O–H groups in total. The van der Waals surface area contributed by atoms with Gasteiger partial charge in [0.2, 0.25) is 0 Å².